The van der Waals surface area contributed by atoms with Gasteiger partial charge in [0.25, 0.3) is 0 Å². The fraction of sp³-hybridized carbons (Fsp3) is 0.304. The van der Waals surface area contributed by atoms with Crippen molar-refractivity contribution in [3.05, 3.63) is 59.7 Å². The Kier molecular flexibility index (Phi) is 7.57. The van der Waals surface area contributed by atoms with E-state index in [1.54, 1.807) is 14.2 Å². The number of likely N-dealkylation sites (N-methyl/N-ethyl adjacent to an activating group) is 1. The van der Waals surface area contributed by atoms with Gasteiger partial charge in [0.15, 0.2) is 10.4 Å². The minimum atomic E-state index is -0.856. The van der Waals surface area contributed by atoms with Crippen LogP contribution < -0.4 is 9.47 Å². The number of piperazine rings is 1. The lowest BCUT2D eigenvalue weighted by Gasteiger charge is -2.33. The van der Waals surface area contributed by atoms with E-state index in [0.29, 0.717) is 0 Å². The van der Waals surface area contributed by atoms with Crippen LogP contribution in [-0.2, 0) is 4.79 Å². The maximum absolute atomic E-state index is 12.2. The lowest BCUT2D eigenvalue weighted by Crippen LogP contribution is -2.46. The number of amidine groups is 1. The predicted octanol–water partition coefficient (Wildman–Crippen LogP) is 3.90. The highest BCUT2D eigenvalue weighted by atomic mass is 35.5. The van der Waals surface area contributed by atoms with Crippen molar-refractivity contribution < 1.29 is 14.3 Å². The van der Waals surface area contributed by atoms with Gasteiger partial charge in [-0.1, -0.05) is 12.1 Å². The van der Waals surface area contributed by atoms with E-state index in [1.807, 2.05) is 48.5 Å². The Hall–Kier alpha value is -2.57. The van der Waals surface area contributed by atoms with Crippen LogP contribution in [0.2, 0.25) is 0 Å². The van der Waals surface area contributed by atoms with Crippen LogP contribution in [0.25, 0.3) is 10.6 Å². The van der Waals surface area contributed by atoms with Gasteiger partial charge in [-0.15, -0.1) is 12.4 Å². The van der Waals surface area contributed by atoms with Crippen LogP contribution >= 0.6 is 22.9 Å². The highest BCUT2D eigenvalue weighted by molar-refractivity contribution is 8.34. The van der Waals surface area contributed by atoms with Gasteiger partial charge in [-0.25, -0.2) is 9.79 Å². The lowest BCUT2D eigenvalue weighted by atomic mass is 10.1. The summed E-state index contributed by atoms with van der Waals surface area (Å²) in [5.41, 5.74) is 2.74. The number of rotatable bonds is 4. The van der Waals surface area contributed by atoms with Crippen LogP contribution in [0.5, 0.6) is 11.5 Å². The van der Waals surface area contributed by atoms with Crippen molar-refractivity contribution in [2.24, 2.45) is 4.99 Å². The highest BCUT2D eigenvalue weighted by Gasteiger charge is 2.31. The third-order valence-electron chi connectivity index (χ3n) is 5.38. The molecule has 31 heavy (non-hydrogen) atoms. The van der Waals surface area contributed by atoms with Gasteiger partial charge >= 0.3 is 0 Å². The van der Waals surface area contributed by atoms with E-state index < -0.39 is 10.5 Å². The zero-order valence-electron chi connectivity index (χ0n) is 17.8. The fourth-order valence-electron chi connectivity index (χ4n) is 3.60. The molecule has 1 unspecified atom stereocenters. The summed E-state index contributed by atoms with van der Waals surface area (Å²) in [6.07, 6.45) is 0. The first-order chi connectivity index (χ1) is 14.6. The third kappa shape index (κ3) is 4.70. The van der Waals surface area contributed by atoms with Crippen LogP contribution in [0.15, 0.2) is 53.5 Å². The Labute approximate surface area is 191 Å². The summed E-state index contributed by atoms with van der Waals surface area (Å²) in [7, 11) is 4.55. The van der Waals surface area contributed by atoms with Crippen molar-refractivity contribution in [2.45, 2.75) is 0 Å². The summed E-state index contributed by atoms with van der Waals surface area (Å²) < 4.78 is 10.6. The molecule has 2 aliphatic heterocycles. The first-order valence-electron chi connectivity index (χ1n) is 9.82. The van der Waals surface area contributed by atoms with Crippen LogP contribution in [0.1, 0.15) is 11.1 Å². The topological polar surface area (TPSA) is 54.4 Å². The molecule has 2 heterocycles. The Bertz CT molecular complexity index is 1040. The average molecular weight is 460 g/mol. The Morgan fingerprint density at radius 2 is 1.39 bits per heavy atom. The fourth-order valence-corrected chi connectivity index (χ4v) is 5.29. The van der Waals surface area contributed by atoms with Gasteiger partial charge in [0.2, 0.25) is 0 Å². The SMILES string of the molecule is COc1ccc(C2=C(c3ccc(OC)cc3)S(=C=O)C(N3CCN(C)CC3)=N2)cc1.Cl. The average Bonchev–Trinajstić information content (AvgIpc) is 3.19. The first-order valence-corrected chi connectivity index (χ1v) is 11.0. The second kappa shape index (κ2) is 10.2. The van der Waals surface area contributed by atoms with Gasteiger partial charge in [0.1, 0.15) is 11.5 Å². The third-order valence-corrected chi connectivity index (χ3v) is 7.10. The van der Waals surface area contributed by atoms with Crippen molar-refractivity contribution >= 4 is 43.9 Å². The maximum atomic E-state index is 12.2. The molecule has 0 radical (unpaired) electrons. The van der Waals surface area contributed by atoms with E-state index in [4.69, 9.17) is 14.5 Å². The first kappa shape index (κ1) is 23.1. The number of hydrogen-bond acceptors (Lipinski definition) is 6. The normalized spacial score (nSPS) is 18.9. The molecular weight excluding hydrogens is 434 g/mol. The summed E-state index contributed by atoms with van der Waals surface area (Å²) >= 11 is 0. The number of hydrogen-bond donors (Lipinski definition) is 0. The summed E-state index contributed by atoms with van der Waals surface area (Å²) in [5, 5.41) is 3.11. The molecule has 164 valence electrons. The number of nitrogens with zero attached hydrogens (tertiary/aromatic N) is 3. The zero-order chi connectivity index (χ0) is 21.1. The molecule has 0 aliphatic carbocycles. The second-order valence-corrected chi connectivity index (χ2v) is 8.76. The largest absolute Gasteiger partial charge is 0.497 e. The van der Waals surface area contributed by atoms with Gasteiger partial charge in [-0.2, -0.15) is 0 Å². The van der Waals surface area contributed by atoms with E-state index in [2.05, 4.69) is 22.1 Å². The molecule has 8 heteroatoms. The second-order valence-electron chi connectivity index (χ2n) is 7.21. The molecule has 2 aromatic carbocycles. The molecule has 6 nitrogen and oxygen atoms in total. The molecule has 1 saturated heterocycles. The van der Waals surface area contributed by atoms with Gasteiger partial charge in [0.05, 0.1) is 24.8 Å². The number of ether oxygens (including phenoxy) is 2. The number of halogens is 1. The monoisotopic (exact) mass is 459 g/mol. The minimum absolute atomic E-state index is 0. The van der Waals surface area contributed by atoms with Gasteiger partial charge < -0.3 is 19.3 Å². The van der Waals surface area contributed by atoms with Crippen LogP contribution in [0.3, 0.4) is 0 Å². The molecule has 0 amide bonds. The van der Waals surface area contributed by atoms with Crippen molar-refractivity contribution in [1.29, 1.82) is 0 Å². The summed E-state index contributed by atoms with van der Waals surface area (Å²) in [6, 6.07) is 15.6. The van der Waals surface area contributed by atoms with E-state index in [9.17, 15) is 4.79 Å². The predicted molar refractivity (Wildman–Crippen MR) is 130 cm³/mol. The lowest BCUT2D eigenvalue weighted by molar-refractivity contribution is 0.218. The molecule has 0 spiro atoms. The number of methoxy groups -OCH3 is 2. The molecule has 0 N–H and O–H groups in total. The van der Waals surface area contributed by atoms with Crippen LogP contribution in [0.4, 0.5) is 0 Å². The molecule has 0 saturated carbocycles. The zero-order valence-corrected chi connectivity index (χ0v) is 19.5. The van der Waals surface area contributed by atoms with Crippen molar-refractivity contribution in [3.63, 3.8) is 0 Å². The molecule has 4 rings (SSSR count). The Morgan fingerprint density at radius 3 is 1.87 bits per heavy atom. The molecule has 1 atom stereocenters. The number of carbonyl (C=O) groups excluding carboxylic acids is 1. The van der Waals surface area contributed by atoms with Crippen LogP contribution in [-0.4, -0.2) is 67.6 Å². The van der Waals surface area contributed by atoms with Crippen molar-refractivity contribution in [2.75, 3.05) is 47.4 Å². The van der Waals surface area contributed by atoms with E-state index in [-0.39, 0.29) is 12.4 Å². The molecular formula is C23H26ClN3O3S. The standard InChI is InChI=1S/C23H25N3O3S.ClH/c1-25-12-14-26(15-13-25)23-24-21(17-4-8-19(28-2)9-5-17)22(30(23)16-27)18-6-10-20(29-3)11-7-18;/h4-11H,12-15H2,1-3H3;1H. The smallest absolute Gasteiger partial charge is 0.173 e. The number of benzene rings is 2. The summed E-state index contributed by atoms with van der Waals surface area (Å²) in [6.45, 7) is 3.61. The summed E-state index contributed by atoms with van der Waals surface area (Å²) in [4.78, 5) is 22.6. The van der Waals surface area contributed by atoms with E-state index in [1.165, 1.54) is 0 Å². The van der Waals surface area contributed by atoms with Crippen molar-refractivity contribution in [1.82, 2.24) is 9.80 Å². The Balaban J connectivity index is 0.00000272. The van der Waals surface area contributed by atoms with Gasteiger partial charge in [0, 0.05) is 31.7 Å². The maximum Gasteiger partial charge on any atom is 0.173 e. The van der Waals surface area contributed by atoms with Gasteiger partial charge in [-0.05, 0) is 59.5 Å². The summed E-state index contributed by atoms with van der Waals surface area (Å²) in [5.74, 6) is 1.56. The minimum Gasteiger partial charge on any atom is -0.497 e. The van der Waals surface area contributed by atoms with Gasteiger partial charge in [-0.3, -0.25) is 0 Å². The molecule has 1 fully saturated rings. The van der Waals surface area contributed by atoms with Crippen LogP contribution in [0, 0.1) is 0 Å². The Morgan fingerprint density at radius 1 is 0.871 bits per heavy atom. The van der Waals surface area contributed by atoms with E-state index in [0.717, 1.165) is 64.6 Å². The number of aliphatic imine (C=N–C) groups is 1. The van der Waals surface area contributed by atoms with E-state index >= 15 is 0 Å². The molecule has 0 aromatic heterocycles. The van der Waals surface area contributed by atoms with Crippen molar-refractivity contribution in [3.8, 4) is 11.5 Å². The highest BCUT2D eigenvalue weighted by Crippen LogP contribution is 2.48. The molecule has 2 aliphatic rings. The molecule has 0 bridgehead atoms. The quantitative estimate of drug-likeness (QED) is 0.649. The molecule has 2 aromatic rings.